The zero-order chi connectivity index (χ0) is 13.7. The SMILES string of the molecule is O=S(=O)(c1ccc2nsnc2c1)N1CC2=C(CNC2)C1. The van der Waals surface area contributed by atoms with E-state index in [0.717, 1.165) is 30.3 Å². The summed E-state index contributed by atoms with van der Waals surface area (Å²) in [4.78, 5) is 0.298. The van der Waals surface area contributed by atoms with Gasteiger partial charge in [0.15, 0.2) is 0 Å². The average Bonchev–Trinajstić information content (AvgIpc) is 3.12. The van der Waals surface area contributed by atoms with Gasteiger partial charge in [-0.2, -0.15) is 13.1 Å². The van der Waals surface area contributed by atoms with Crippen LogP contribution < -0.4 is 5.32 Å². The van der Waals surface area contributed by atoms with Gasteiger partial charge in [0.05, 0.1) is 16.6 Å². The minimum Gasteiger partial charge on any atom is -0.309 e. The van der Waals surface area contributed by atoms with E-state index in [9.17, 15) is 8.42 Å². The second kappa shape index (κ2) is 4.32. The Morgan fingerprint density at radius 3 is 2.55 bits per heavy atom. The van der Waals surface area contributed by atoms with E-state index < -0.39 is 10.0 Å². The normalized spacial score (nSPS) is 20.0. The van der Waals surface area contributed by atoms with Crippen molar-refractivity contribution in [2.45, 2.75) is 4.90 Å². The lowest BCUT2D eigenvalue weighted by Gasteiger charge is -2.18. The third-order valence-corrected chi connectivity index (χ3v) is 6.12. The van der Waals surface area contributed by atoms with Crippen LogP contribution in [-0.4, -0.2) is 47.6 Å². The highest BCUT2D eigenvalue weighted by Crippen LogP contribution is 2.27. The van der Waals surface area contributed by atoms with Gasteiger partial charge in [0.2, 0.25) is 10.0 Å². The van der Waals surface area contributed by atoms with Crippen LogP contribution in [0, 0.1) is 0 Å². The first-order chi connectivity index (χ1) is 9.64. The van der Waals surface area contributed by atoms with Crippen LogP contribution in [-0.2, 0) is 10.0 Å². The summed E-state index contributed by atoms with van der Waals surface area (Å²) in [7, 11) is -3.45. The Labute approximate surface area is 120 Å². The van der Waals surface area contributed by atoms with E-state index in [1.807, 2.05) is 0 Å². The lowest BCUT2D eigenvalue weighted by Crippen LogP contribution is -2.32. The van der Waals surface area contributed by atoms with Gasteiger partial charge in [-0.25, -0.2) is 8.42 Å². The van der Waals surface area contributed by atoms with Crippen LogP contribution in [0.15, 0.2) is 34.2 Å². The molecular weight excluding hydrogens is 296 g/mol. The molecule has 0 atom stereocenters. The highest BCUT2D eigenvalue weighted by molar-refractivity contribution is 7.89. The van der Waals surface area contributed by atoms with Crippen LogP contribution in [0.25, 0.3) is 11.0 Å². The fraction of sp³-hybridized carbons (Fsp3) is 0.333. The maximum Gasteiger partial charge on any atom is 0.243 e. The van der Waals surface area contributed by atoms with Crippen molar-refractivity contribution in [3.05, 3.63) is 29.3 Å². The maximum absolute atomic E-state index is 12.7. The molecule has 1 aromatic heterocycles. The fourth-order valence-corrected chi connectivity index (χ4v) is 4.64. The predicted octanol–water partition coefficient (Wildman–Crippen LogP) is 0.595. The molecule has 20 heavy (non-hydrogen) atoms. The summed E-state index contributed by atoms with van der Waals surface area (Å²) in [5.41, 5.74) is 3.80. The van der Waals surface area contributed by atoms with Gasteiger partial charge >= 0.3 is 0 Å². The molecule has 2 aliphatic heterocycles. The van der Waals surface area contributed by atoms with Crippen molar-refractivity contribution < 1.29 is 8.42 Å². The molecule has 1 N–H and O–H groups in total. The third-order valence-electron chi connectivity index (χ3n) is 3.77. The van der Waals surface area contributed by atoms with E-state index in [-0.39, 0.29) is 0 Å². The maximum atomic E-state index is 12.7. The Balaban J connectivity index is 1.70. The van der Waals surface area contributed by atoms with Crippen molar-refractivity contribution >= 4 is 32.8 Å². The van der Waals surface area contributed by atoms with Crippen molar-refractivity contribution in [3.63, 3.8) is 0 Å². The second-order valence-electron chi connectivity index (χ2n) is 5.00. The monoisotopic (exact) mass is 308 g/mol. The molecule has 0 spiro atoms. The van der Waals surface area contributed by atoms with Crippen molar-refractivity contribution in [1.29, 1.82) is 0 Å². The molecule has 0 saturated heterocycles. The molecule has 0 amide bonds. The Morgan fingerprint density at radius 2 is 1.80 bits per heavy atom. The largest absolute Gasteiger partial charge is 0.309 e. The molecule has 4 rings (SSSR count). The number of aromatic nitrogens is 2. The predicted molar refractivity (Wildman–Crippen MR) is 76.1 cm³/mol. The number of nitrogens with one attached hydrogen (secondary N) is 1. The van der Waals surface area contributed by atoms with Gasteiger partial charge in [-0.1, -0.05) is 0 Å². The number of hydrogen-bond donors (Lipinski definition) is 1. The number of rotatable bonds is 2. The Kier molecular flexibility index (Phi) is 2.68. The van der Waals surface area contributed by atoms with Gasteiger partial charge in [0, 0.05) is 26.2 Å². The fourth-order valence-electron chi connectivity index (χ4n) is 2.67. The molecule has 0 saturated carbocycles. The molecular formula is C12H12N4O2S2. The first-order valence-corrected chi connectivity index (χ1v) is 8.44. The Morgan fingerprint density at radius 1 is 1.10 bits per heavy atom. The highest BCUT2D eigenvalue weighted by Gasteiger charge is 2.33. The Bertz CT molecular complexity index is 809. The van der Waals surface area contributed by atoms with Gasteiger partial charge in [-0.3, -0.25) is 0 Å². The number of sulfonamides is 1. The zero-order valence-corrected chi connectivity index (χ0v) is 12.2. The van der Waals surface area contributed by atoms with Crippen LogP contribution in [0.4, 0.5) is 0 Å². The van der Waals surface area contributed by atoms with E-state index in [2.05, 4.69) is 14.1 Å². The van der Waals surface area contributed by atoms with E-state index in [1.165, 1.54) is 11.1 Å². The molecule has 2 aromatic rings. The quantitative estimate of drug-likeness (QED) is 0.822. The van der Waals surface area contributed by atoms with Gasteiger partial charge in [0.25, 0.3) is 0 Å². The minimum atomic E-state index is -3.45. The summed E-state index contributed by atoms with van der Waals surface area (Å²) in [6.07, 6.45) is 0. The van der Waals surface area contributed by atoms with Crippen LogP contribution in [0.3, 0.4) is 0 Å². The molecule has 0 radical (unpaired) electrons. The molecule has 0 bridgehead atoms. The molecule has 1 aromatic carbocycles. The first kappa shape index (κ1) is 12.4. The summed E-state index contributed by atoms with van der Waals surface area (Å²) in [5, 5.41) is 3.24. The smallest absolute Gasteiger partial charge is 0.243 e. The van der Waals surface area contributed by atoms with Crippen molar-refractivity contribution in [2.75, 3.05) is 26.2 Å². The average molecular weight is 308 g/mol. The van der Waals surface area contributed by atoms with Gasteiger partial charge in [-0.15, -0.1) is 0 Å². The number of hydrogen-bond acceptors (Lipinski definition) is 6. The molecule has 0 unspecified atom stereocenters. The van der Waals surface area contributed by atoms with E-state index in [0.29, 0.717) is 23.5 Å². The van der Waals surface area contributed by atoms with Crippen LogP contribution in [0.2, 0.25) is 0 Å². The first-order valence-electron chi connectivity index (χ1n) is 6.27. The van der Waals surface area contributed by atoms with E-state index in [4.69, 9.17) is 0 Å². The number of nitrogens with zero attached hydrogens (tertiary/aromatic N) is 3. The molecule has 8 heteroatoms. The van der Waals surface area contributed by atoms with Gasteiger partial charge in [-0.05, 0) is 29.3 Å². The van der Waals surface area contributed by atoms with Crippen molar-refractivity contribution in [1.82, 2.24) is 18.4 Å². The van der Waals surface area contributed by atoms with Crippen molar-refractivity contribution in [2.24, 2.45) is 0 Å². The number of fused-ring (bicyclic) bond motifs is 1. The second-order valence-corrected chi connectivity index (χ2v) is 7.46. The van der Waals surface area contributed by atoms with Crippen LogP contribution >= 0.6 is 11.7 Å². The number of benzene rings is 1. The van der Waals surface area contributed by atoms with Gasteiger partial charge < -0.3 is 5.32 Å². The standard InChI is InChI=1S/C12H12N4O2S2/c17-20(18,16-6-8-4-13-5-9(8)7-16)10-1-2-11-12(3-10)15-19-14-11/h1-3,13H,4-7H2. The van der Waals surface area contributed by atoms with E-state index in [1.54, 1.807) is 22.5 Å². The van der Waals surface area contributed by atoms with E-state index >= 15 is 0 Å². The summed E-state index contributed by atoms with van der Waals surface area (Å²) in [6.45, 7) is 2.60. The molecule has 6 nitrogen and oxygen atoms in total. The third kappa shape index (κ3) is 1.80. The lowest BCUT2D eigenvalue weighted by atomic mass is 10.2. The highest BCUT2D eigenvalue weighted by atomic mass is 32.2. The lowest BCUT2D eigenvalue weighted by molar-refractivity contribution is 0.473. The minimum absolute atomic E-state index is 0.298. The molecule has 0 aliphatic carbocycles. The molecule has 0 fully saturated rings. The molecule has 2 aliphatic rings. The molecule has 3 heterocycles. The summed E-state index contributed by atoms with van der Waals surface area (Å²) >= 11 is 1.09. The van der Waals surface area contributed by atoms with Gasteiger partial charge in [0.1, 0.15) is 11.0 Å². The topological polar surface area (TPSA) is 75.2 Å². The summed E-state index contributed by atoms with van der Waals surface area (Å²) < 4.78 is 35.1. The Hall–Kier alpha value is -1.35. The van der Waals surface area contributed by atoms with Crippen molar-refractivity contribution in [3.8, 4) is 0 Å². The van der Waals surface area contributed by atoms with Crippen LogP contribution in [0.5, 0.6) is 0 Å². The summed E-state index contributed by atoms with van der Waals surface area (Å²) in [6, 6.07) is 4.93. The summed E-state index contributed by atoms with van der Waals surface area (Å²) in [5.74, 6) is 0. The van der Waals surface area contributed by atoms with Crippen LogP contribution in [0.1, 0.15) is 0 Å². The zero-order valence-electron chi connectivity index (χ0n) is 10.5. The molecule has 104 valence electrons.